The van der Waals surface area contributed by atoms with Crippen molar-refractivity contribution in [1.82, 2.24) is 19.5 Å². The number of fused-ring (bicyclic) bond motifs is 1. The monoisotopic (exact) mass is 583 g/mol. The molecule has 4 N–H and O–H groups in total. The first-order valence-electron chi connectivity index (χ1n) is 11.3. The van der Waals surface area contributed by atoms with Crippen LogP contribution in [-0.2, 0) is 11.3 Å². The predicted molar refractivity (Wildman–Crippen MR) is 145 cm³/mol. The molecule has 0 saturated carbocycles. The van der Waals surface area contributed by atoms with Crippen molar-refractivity contribution < 1.29 is 9.53 Å². The lowest BCUT2D eigenvalue weighted by molar-refractivity contribution is 0.0334. The SMILES string of the molecule is Cc1ccc(NC(=O)Nc2ccc(-c3cc(CN4CCOCC4)n4ncnc(N)c34)cc2)cc1I. The van der Waals surface area contributed by atoms with Gasteiger partial charge in [0.05, 0.1) is 18.9 Å². The van der Waals surface area contributed by atoms with Gasteiger partial charge in [-0.2, -0.15) is 5.10 Å². The summed E-state index contributed by atoms with van der Waals surface area (Å²) in [5, 5.41) is 10.2. The van der Waals surface area contributed by atoms with Crippen LogP contribution in [0.25, 0.3) is 16.6 Å². The van der Waals surface area contributed by atoms with Crippen molar-refractivity contribution >= 4 is 51.3 Å². The number of carbonyl (C=O) groups is 1. The standard InChI is InChI=1S/C25H26IN7O2/c1-16-2-5-19(12-22(16)26)31-25(34)30-18-6-3-17(4-7-18)21-13-20(14-32-8-10-35-11-9-32)33-23(21)24(27)28-15-29-33/h2-7,12-13,15H,8-11,14H2,1H3,(H2,27,28,29)(H2,30,31,34). The van der Waals surface area contributed by atoms with E-state index < -0.39 is 0 Å². The Labute approximate surface area is 216 Å². The Morgan fingerprint density at radius 3 is 2.54 bits per heavy atom. The molecule has 0 unspecified atom stereocenters. The van der Waals surface area contributed by atoms with Gasteiger partial charge in [-0.05, 0) is 71.0 Å². The minimum atomic E-state index is -0.294. The van der Waals surface area contributed by atoms with E-state index in [2.05, 4.69) is 54.3 Å². The molecule has 1 aliphatic rings. The molecule has 5 rings (SSSR count). The summed E-state index contributed by atoms with van der Waals surface area (Å²) in [6.07, 6.45) is 1.48. The van der Waals surface area contributed by atoms with Crippen LogP contribution in [0, 0.1) is 10.5 Å². The maximum absolute atomic E-state index is 12.5. The number of amides is 2. The van der Waals surface area contributed by atoms with Crippen molar-refractivity contribution in [3.05, 3.63) is 69.7 Å². The Balaban J connectivity index is 1.35. The summed E-state index contributed by atoms with van der Waals surface area (Å²) in [6.45, 7) is 6.02. The molecule has 1 saturated heterocycles. The van der Waals surface area contributed by atoms with E-state index >= 15 is 0 Å². The minimum absolute atomic E-state index is 0.294. The Hall–Kier alpha value is -3.22. The second kappa shape index (κ2) is 10.2. The molecule has 0 radical (unpaired) electrons. The van der Waals surface area contributed by atoms with Crippen LogP contribution in [-0.4, -0.2) is 51.8 Å². The number of aryl methyl sites for hydroxylation is 1. The number of anilines is 3. The van der Waals surface area contributed by atoms with Crippen LogP contribution >= 0.6 is 22.6 Å². The number of morpholine rings is 1. The van der Waals surface area contributed by atoms with E-state index in [0.717, 1.165) is 64.4 Å². The molecule has 10 heteroatoms. The van der Waals surface area contributed by atoms with Gasteiger partial charge in [-0.1, -0.05) is 18.2 Å². The normalized spacial score (nSPS) is 14.2. The number of hydrogen-bond donors (Lipinski definition) is 3. The molecule has 2 aromatic heterocycles. The lowest BCUT2D eigenvalue weighted by Gasteiger charge is -2.26. The third-order valence-electron chi connectivity index (χ3n) is 6.03. The van der Waals surface area contributed by atoms with E-state index in [1.807, 2.05) is 53.9 Å². The first-order chi connectivity index (χ1) is 17.0. The molecule has 35 heavy (non-hydrogen) atoms. The molecule has 1 aliphatic heterocycles. The number of nitrogens with one attached hydrogen (secondary N) is 2. The number of hydrogen-bond acceptors (Lipinski definition) is 6. The second-order valence-electron chi connectivity index (χ2n) is 8.46. The summed E-state index contributed by atoms with van der Waals surface area (Å²) in [5.74, 6) is 0.428. The fourth-order valence-corrected chi connectivity index (χ4v) is 4.67. The lowest BCUT2D eigenvalue weighted by atomic mass is 10.1. The van der Waals surface area contributed by atoms with Gasteiger partial charge in [-0.3, -0.25) is 4.90 Å². The van der Waals surface area contributed by atoms with Crippen molar-refractivity contribution in [2.24, 2.45) is 0 Å². The average Bonchev–Trinajstić information content (AvgIpc) is 3.22. The molecule has 0 bridgehead atoms. The largest absolute Gasteiger partial charge is 0.382 e. The molecule has 3 heterocycles. The van der Waals surface area contributed by atoms with Crippen molar-refractivity contribution in [2.75, 3.05) is 42.7 Å². The second-order valence-corrected chi connectivity index (χ2v) is 9.63. The molecule has 4 aromatic rings. The molecule has 2 aromatic carbocycles. The van der Waals surface area contributed by atoms with Gasteiger partial charge in [0.1, 0.15) is 11.8 Å². The molecular weight excluding hydrogens is 557 g/mol. The number of benzene rings is 2. The summed E-state index contributed by atoms with van der Waals surface area (Å²) in [5.41, 5.74) is 12.6. The van der Waals surface area contributed by atoms with Gasteiger partial charge in [0.25, 0.3) is 0 Å². The number of ether oxygens (including phenoxy) is 1. The Morgan fingerprint density at radius 2 is 1.80 bits per heavy atom. The van der Waals surface area contributed by atoms with Crippen LogP contribution in [0.3, 0.4) is 0 Å². The Bertz CT molecular complexity index is 1360. The van der Waals surface area contributed by atoms with Crippen LogP contribution in [0.1, 0.15) is 11.3 Å². The van der Waals surface area contributed by atoms with Gasteiger partial charge in [0.15, 0.2) is 5.82 Å². The molecule has 1 fully saturated rings. The highest BCUT2D eigenvalue weighted by Gasteiger charge is 2.18. The molecule has 0 aliphatic carbocycles. The van der Waals surface area contributed by atoms with Crippen LogP contribution in [0.5, 0.6) is 0 Å². The molecule has 0 spiro atoms. The number of carbonyl (C=O) groups excluding carboxylic acids is 1. The quantitative estimate of drug-likeness (QED) is 0.301. The van der Waals surface area contributed by atoms with Crippen molar-refractivity contribution in [3.8, 4) is 11.1 Å². The van der Waals surface area contributed by atoms with Crippen molar-refractivity contribution in [1.29, 1.82) is 0 Å². The van der Waals surface area contributed by atoms with E-state index in [1.165, 1.54) is 11.9 Å². The fraction of sp³-hybridized carbons (Fsp3) is 0.240. The topological polar surface area (TPSA) is 110 Å². The van der Waals surface area contributed by atoms with Gasteiger partial charge in [-0.25, -0.2) is 14.3 Å². The predicted octanol–water partition coefficient (Wildman–Crippen LogP) is 4.37. The zero-order valence-electron chi connectivity index (χ0n) is 19.3. The number of nitrogens with two attached hydrogens (primary N) is 1. The van der Waals surface area contributed by atoms with Crippen molar-refractivity contribution in [3.63, 3.8) is 0 Å². The number of urea groups is 1. The minimum Gasteiger partial charge on any atom is -0.382 e. The van der Waals surface area contributed by atoms with Crippen molar-refractivity contribution in [2.45, 2.75) is 13.5 Å². The van der Waals surface area contributed by atoms with Crippen LogP contribution in [0.4, 0.5) is 22.0 Å². The van der Waals surface area contributed by atoms with Gasteiger partial charge in [0.2, 0.25) is 0 Å². The fourth-order valence-electron chi connectivity index (χ4n) is 4.15. The number of nitrogen functional groups attached to an aromatic ring is 1. The Morgan fingerprint density at radius 1 is 1.09 bits per heavy atom. The maximum atomic E-state index is 12.5. The molecule has 9 nitrogen and oxygen atoms in total. The summed E-state index contributed by atoms with van der Waals surface area (Å²) in [7, 11) is 0. The third kappa shape index (κ3) is 5.24. The zero-order chi connectivity index (χ0) is 24.4. The maximum Gasteiger partial charge on any atom is 0.323 e. The van der Waals surface area contributed by atoms with Crippen LogP contribution in [0.15, 0.2) is 54.9 Å². The molecule has 180 valence electrons. The highest BCUT2D eigenvalue weighted by molar-refractivity contribution is 14.1. The average molecular weight is 583 g/mol. The van der Waals surface area contributed by atoms with Crippen LogP contribution < -0.4 is 16.4 Å². The van der Waals surface area contributed by atoms with Gasteiger partial charge in [-0.15, -0.1) is 0 Å². The summed E-state index contributed by atoms with van der Waals surface area (Å²) in [4.78, 5) is 19.0. The van der Waals surface area contributed by atoms with E-state index in [9.17, 15) is 4.79 Å². The van der Waals surface area contributed by atoms with E-state index in [4.69, 9.17) is 10.5 Å². The molecule has 2 amide bonds. The zero-order valence-corrected chi connectivity index (χ0v) is 21.4. The van der Waals surface area contributed by atoms with Gasteiger partial charge >= 0.3 is 6.03 Å². The third-order valence-corrected chi connectivity index (χ3v) is 7.19. The number of nitrogens with zero attached hydrogens (tertiary/aromatic N) is 4. The summed E-state index contributed by atoms with van der Waals surface area (Å²) < 4.78 is 8.44. The van der Waals surface area contributed by atoms with Gasteiger partial charge < -0.3 is 21.1 Å². The molecule has 0 atom stereocenters. The van der Waals surface area contributed by atoms with E-state index in [1.54, 1.807) is 0 Å². The van der Waals surface area contributed by atoms with Gasteiger partial charge in [0, 0.05) is 40.1 Å². The number of rotatable bonds is 5. The highest BCUT2D eigenvalue weighted by Crippen LogP contribution is 2.31. The highest BCUT2D eigenvalue weighted by atomic mass is 127. The first-order valence-corrected chi connectivity index (χ1v) is 12.4. The first kappa shape index (κ1) is 23.5. The number of aromatic nitrogens is 3. The summed E-state index contributed by atoms with van der Waals surface area (Å²) >= 11 is 2.25. The number of halogens is 1. The molecular formula is C25H26IN7O2. The summed E-state index contributed by atoms with van der Waals surface area (Å²) in [6, 6.07) is 15.3. The van der Waals surface area contributed by atoms with E-state index in [-0.39, 0.29) is 6.03 Å². The Kier molecular flexibility index (Phi) is 6.84. The van der Waals surface area contributed by atoms with Crippen LogP contribution in [0.2, 0.25) is 0 Å². The van der Waals surface area contributed by atoms with E-state index in [0.29, 0.717) is 11.5 Å². The smallest absolute Gasteiger partial charge is 0.323 e. The lowest BCUT2D eigenvalue weighted by Crippen LogP contribution is -2.36.